The van der Waals surface area contributed by atoms with Gasteiger partial charge in [-0.15, -0.1) is 0 Å². The summed E-state index contributed by atoms with van der Waals surface area (Å²) in [5, 5.41) is 3.68. The Morgan fingerprint density at radius 1 is 0.750 bits per heavy atom. The third-order valence-electron chi connectivity index (χ3n) is 4.07. The lowest BCUT2D eigenvalue weighted by molar-refractivity contribution is 0.0831. The second-order valence-corrected chi connectivity index (χ2v) is 6.62. The molecule has 0 spiro atoms. The van der Waals surface area contributed by atoms with Crippen LogP contribution >= 0.6 is 0 Å². The van der Waals surface area contributed by atoms with Crippen molar-refractivity contribution in [1.82, 2.24) is 10.2 Å². The molecule has 0 aliphatic carbocycles. The molecular weight excluding hydrogens is 244 g/mol. The van der Waals surface area contributed by atoms with Crippen molar-refractivity contribution in [2.24, 2.45) is 0 Å². The average Bonchev–Trinajstić information content (AvgIpc) is 2.36. The maximum atomic E-state index is 3.68. The summed E-state index contributed by atoms with van der Waals surface area (Å²) in [5.74, 6) is 0. The van der Waals surface area contributed by atoms with Crippen LogP contribution in [0.1, 0.15) is 92.9 Å². The van der Waals surface area contributed by atoms with Gasteiger partial charge in [0, 0.05) is 12.1 Å². The Labute approximate surface area is 128 Å². The molecule has 20 heavy (non-hydrogen) atoms. The molecule has 1 unspecified atom stereocenters. The molecule has 0 aliphatic heterocycles. The van der Waals surface area contributed by atoms with Crippen molar-refractivity contribution in [2.75, 3.05) is 6.54 Å². The highest BCUT2D eigenvalue weighted by atomic mass is 15.3. The Kier molecular flexibility index (Phi) is 12.6. The molecule has 0 aromatic heterocycles. The molecule has 2 heteroatoms. The predicted octanol–water partition coefficient (Wildman–Crippen LogP) is 5.18. The summed E-state index contributed by atoms with van der Waals surface area (Å²) in [5.41, 5.74) is 0. The van der Waals surface area contributed by atoms with E-state index in [-0.39, 0.29) is 0 Å². The van der Waals surface area contributed by atoms with Gasteiger partial charge in [0.1, 0.15) is 0 Å². The zero-order valence-electron chi connectivity index (χ0n) is 15.0. The third kappa shape index (κ3) is 8.97. The Balaban J connectivity index is 4.01. The van der Waals surface area contributed by atoms with Gasteiger partial charge >= 0.3 is 0 Å². The van der Waals surface area contributed by atoms with Crippen LogP contribution in [0.25, 0.3) is 0 Å². The summed E-state index contributed by atoms with van der Waals surface area (Å²) in [6.07, 6.45) is 11.6. The first-order valence-corrected chi connectivity index (χ1v) is 9.05. The normalized spacial score (nSPS) is 13.7. The minimum atomic E-state index is 0.552. The van der Waals surface area contributed by atoms with Gasteiger partial charge in [-0.2, -0.15) is 0 Å². The second-order valence-electron chi connectivity index (χ2n) is 6.62. The van der Waals surface area contributed by atoms with E-state index in [1.54, 1.807) is 0 Å². The van der Waals surface area contributed by atoms with Gasteiger partial charge in [-0.1, -0.05) is 58.8 Å². The monoisotopic (exact) mass is 284 g/mol. The molecule has 0 rings (SSSR count). The minimum absolute atomic E-state index is 0.552. The van der Waals surface area contributed by atoms with E-state index in [4.69, 9.17) is 0 Å². The average molecular weight is 285 g/mol. The fourth-order valence-electron chi connectivity index (χ4n) is 3.20. The number of nitrogens with zero attached hydrogens (tertiary/aromatic N) is 1. The van der Waals surface area contributed by atoms with Crippen LogP contribution in [0.5, 0.6) is 0 Å². The van der Waals surface area contributed by atoms with Crippen LogP contribution in [0.2, 0.25) is 0 Å². The van der Waals surface area contributed by atoms with Gasteiger partial charge in [-0.25, -0.2) is 0 Å². The molecule has 0 amide bonds. The number of rotatable bonds is 13. The summed E-state index contributed by atoms with van der Waals surface area (Å²) < 4.78 is 0. The second kappa shape index (κ2) is 12.6. The van der Waals surface area contributed by atoms with E-state index in [1.807, 2.05) is 0 Å². The summed E-state index contributed by atoms with van der Waals surface area (Å²) in [6.45, 7) is 14.8. The van der Waals surface area contributed by atoms with E-state index in [0.717, 1.165) is 6.54 Å². The van der Waals surface area contributed by atoms with Crippen LogP contribution in [0.4, 0.5) is 0 Å². The maximum Gasteiger partial charge on any atom is 0.0601 e. The van der Waals surface area contributed by atoms with E-state index in [0.29, 0.717) is 18.2 Å². The van der Waals surface area contributed by atoms with Gasteiger partial charge < -0.3 is 5.32 Å². The zero-order valence-corrected chi connectivity index (χ0v) is 15.0. The number of hydrogen-bond acceptors (Lipinski definition) is 2. The minimum Gasteiger partial charge on any atom is -0.302 e. The maximum absolute atomic E-state index is 3.68. The van der Waals surface area contributed by atoms with Crippen molar-refractivity contribution in [1.29, 1.82) is 0 Å². The molecule has 0 bridgehead atoms. The SMILES string of the molecule is CCCCCCCCCC(NCC)N(C(C)C)C(C)C. The quantitative estimate of drug-likeness (QED) is 0.370. The van der Waals surface area contributed by atoms with Crippen LogP contribution in [0, 0.1) is 0 Å². The Morgan fingerprint density at radius 3 is 1.70 bits per heavy atom. The molecule has 2 nitrogen and oxygen atoms in total. The third-order valence-corrected chi connectivity index (χ3v) is 4.07. The largest absolute Gasteiger partial charge is 0.302 e. The van der Waals surface area contributed by atoms with Crippen molar-refractivity contribution in [2.45, 2.75) is 111 Å². The summed E-state index contributed by atoms with van der Waals surface area (Å²) in [6, 6.07) is 1.23. The molecule has 0 heterocycles. The highest BCUT2D eigenvalue weighted by Gasteiger charge is 2.22. The van der Waals surface area contributed by atoms with E-state index < -0.39 is 0 Å². The number of nitrogens with one attached hydrogen (secondary N) is 1. The molecule has 1 atom stereocenters. The van der Waals surface area contributed by atoms with Crippen LogP contribution in [-0.4, -0.2) is 29.7 Å². The Bertz CT molecular complexity index is 194. The zero-order chi connectivity index (χ0) is 15.4. The highest BCUT2D eigenvalue weighted by molar-refractivity contribution is 4.76. The highest BCUT2D eigenvalue weighted by Crippen LogP contribution is 2.16. The standard InChI is InChI=1S/C18H40N2/c1-7-9-10-11-12-13-14-15-18(19-8-2)20(16(3)4)17(5)6/h16-19H,7-15H2,1-6H3. The van der Waals surface area contributed by atoms with Crippen molar-refractivity contribution < 1.29 is 0 Å². The fourth-order valence-corrected chi connectivity index (χ4v) is 3.20. The first-order valence-electron chi connectivity index (χ1n) is 9.05. The van der Waals surface area contributed by atoms with Crippen molar-refractivity contribution in [3.63, 3.8) is 0 Å². The smallest absolute Gasteiger partial charge is 0.0601 e. The van der Waals surface area contributed by atoms with Gasteiger partial charge in [-0.05, 0) is 40.7 Å². The predicted molar refractivity (Wildman–Crippen MR) is 92.2 cm³/mol. The summed E-state index contributed by atoms with van der Waals surface area (Å²) >= 11 is 0. The van der Waals surface area contributed by atoms with E-state index >= 15 is 0 Å². The van der Waals surface area contributed by atoms with E-state index in [9.17, 15) is 0 Å². The summed E-state index contributed by atoms with van der Waals surface area (Å²) in [4.78, 5) is 2.63. The Hall–Kier alpha value is -0.0800. The molecule has 0 aromatic carbocycles. The van der Waals surface area contributed by atoms with Crippen LogP contribution < -0.4 is 5.32 Å². The molecule has 1 N–H and O–H groups in total. The molecule has 0 saturated carbocycles. The first-order chi connectivity index (χ1) is 9.54. The summed E-state index contributed by atoms with van der Waals surface area (Å²) in [7, 11) is 0. The molecule has 0 aliphatic rings. The molecule has 0 saturated heterocycles. The van der Waals surface area contributed by atoms with Crippen molar-refractivity contribution in [3.05, 3.63) is 0 Å². The topological polar surface area (TPSA) is 15.3 Å². The van der Waals surface area contributed by atoms with Gasteiger partial charge in [0.15, 0.2) is 0 Å². The van der Waals surface area contributed by atoms with Crippen LogP contribution in [0.3, 0.4) is 0 Å². The van der Waals surface area contributed by atoms with Crippen molar-refractivity contribution in [3.8, 4) is 0 Å². The fraction of sp³-hybridized carbons (Fsp3) is 1.00. The molecule has 0 fully saturated rings. The Morgan fingerprint density at radius 2 is 1.25 bits per heavy atom. The van der Waals surface area contributed by atoms with Crippen molar-refractivity contribution >= 4 is 0 Å². The molecule has 122 valence electrons. The number of hydrogen-bond donors (Lipinski definition) is 1. The van der Waals surface area contributed by atoms with Gasteiger partial charge in [-0.3, -0.25) is 4.90 Å². The van der Waals surface area contributed by atoms with E-state index in [1.165, 1.54) is 51.4 Å². The molecular formula is C18H40N2. The van der Waals surface area contributed by atoms with Crippen LogP contribution in [-0.2, 0) is 0 Å². The lowest BCUT2D eigenvalue weighted by atomic mass is 10.1. The first kappa shape index (κ1) is 19.9. The molecule has 0 aromatic rings. The lowest BCUT2D eigenvalue weighted by Gasteiger charge is -2.38. The van der Waals surface area contributed by atoms with Crippen LogP contribution in [0.15, 0.2) is 0 Å². The van der Waals surface area contributed by atoms with Gasteiger partial charge in [0.2, 0.25) is 0 Å². The van der Waals surface area contributed by atoms with Gasteiger partial charge in [0.25, 0.3) is 0 Å². The van der Waals surface area contributed by atoms with E-state index in [2.05, 4.69) is 51.8 Å². The lowest BCUT2D eigenvalue weighted by Crippen LogP contribution is -2.52. The van der Waals surface area contributed by atoms with Gasteiger partial charge in [0.05, 0.1) is 6.17 Å². The number of unbranched alkanes of at least 4 members (excludes halogenated alkanes) is 6. The molecule has 0 radical (unpaired) electrons.